The van der Waals surface area contributed by atoms with Crippen molar-refractivity contribution in [3.05, 3.63) is 71.9 Å². The predicted octanol–water partition coefficient (Wildman–Crippen LogP) is 6.15. The highest BCUT2D eigenvalue weighted by atomic mass is 16.2. The summed E-state index contributed by atoms with van der Waals surface area (Å²) in [6.45, 7) is 4.80. The molecule has 8 nitrogen and oxygen atoms in total. The van der Waals surface area contributed by atoms with Gasteiger partial charge in [-0.3, -0.25) is 19.7 Å². The number of H-pyrrole nitrogens is 1. The molecule has 1 spiro atoms. The van der Waals surface area contributed by atoms with Crippen molar-refractivity contribution in [1.82, 2.24) is 30.5 Å². The Labute approximate surface area is 228 Å². The van der Waals surface area contributed by atoms with Crippen molar-refractivity contribution in [2.75, 3.05) is 0 Å². The van der Waals surface area contributed by atoms with Crippen molar-refractivity contribution in [2.45, 2.75) is 70.9 Å². The Morgan fingerprint density at radius 2 is 1.77 bits per heavy atom. The predicted molar refractivity (Wildman–Crippen MR) is 152 cm³/mol. The normalized spacial score (nSPS) is 16.3. The number of aromatic nitrogens is 5. The van der Waals surface area contributed by atoms with Crippen molar-refractivity contribution >= 4 is 11.7 Å². The molecule has 6 rings (SSSR count). The van der Waals surface area contributed by atoms with Gasteiger partial charge in [-0.1, -0.05) is 56.5 Å². The number of amides is 1. The molecule has 8 heteroatoms. The van der Waals surface area contributed by atoms with E-state index in [0.717, 1.165) is 89.9 Å². The number of nitrogens with zero attached hydrogens (tertiary/aromatic N) is 6. The maximum atomic E-state index is 13.6. The zero-order valence-corrected chi connectivity index (χ0v) is 22.5. The lowest BCUT2D eigenvalue weighted by Crippen LogP contribution is -2.40. The molecule has 39 heavy (non-hydrogen) atoms. The molecule has 0 atom stereocenters. The monoisotopic (exact) mass is 519 g/mol. The maximum absolute atomic E-state index is 13.6. The van der Waals surface area contributed by atoms with Gasteiger partial charge in [0.15, 0.2) is 0 Å². The van der Waals surface area contributed by atoms with Gasteiger partial charge in [-0.25, -0.2) is 0 Å². The van der Waals surface area contributed by atoms with Gasteiger partial charge in [0.05, 0.1) is 12.2 Å². The smallest absolute Gasteiger partial charge is 0.256 e. The third-order valence-corrected chi connectivity index (χ3v) is 7.91. The maximum Gasteiger partial charge on any atom is 0.256 e. The Hall–Kier alpha value is -4.20. The molecular weight excluding hydrogens is 486 g/mol. The minimum Gasteiger partial charge on any atom is -0.294 e. The average Bonchev–Trinajstić information content (AvgIpc) is 3.72. The molecule has 0 bridgehead atoms. The first-order chi connectivity index (χ1) is 19.1. The number of aromatic amines is 1. The second-order valence-corrected chi connectivity index (χ2v) is 10.7. The van der Waals surface area contributed by atoms with E-state index in [9.17, 15) is 4.79 Å². The Morgan fingerprint density at radius 1 is 0.974 bits per heavy atom. The second-order valence-electron chi connectivity index (χ2n) is 10.7. The molecule has 2 aromatic heterocycles. The van der Waals surface area contributed by atoms with Crippen LogP contribution in [0, 0.1) is 6.92 Å². The lowest BCUT2D eigenvalue weighted by atomic mass is 9.94. The molecule has 0 unspecified atom stereocenters. The first kappa shape index (κ1) is 25.1. The van der Waals surface area contributed by atoms with Crippen molar-refractivity contribution in [2.24, 2.45) is 4.99 Å². The van der Waals surface area contributed by atoms with Gasteiger partial charge in [0, 0.05) is 23.7 Å². The zero-order chi connectivity index (χ0) is 26.8. The minimum absolute atomic E-state index is 0.188. The quantitative estimate of drug-likeness (QED) is 0.301. The van der Waals surface area contributed by atoms with Crippen LogP contribution in [0.4, 0.5) is 0 Å². The molecule has 0 radical (unpaired) electrons. The third-order valence-electron chi connectivity index (χ3n) is 7.91. The van der Waals surface area contributed by atoms with Gasteiger partial charge >= 0.3 is 0 Å². The summed E-state index contributed by atoms with van der Waals surface area (Å²) >= 11 is 0. The van der Waals surface area contributed by atoms with Crippen LogP contribution in [0.15, 0.2) is 65.8 Å². The first-order valence-corrected chi connectivity index (χ1v) is 13.9. The van der Waals surface area contributed by atoms with E-state index in [4.69, 9.17) is 4.99 Å². The number of carbonyl (C=O) groups excluding carboxylic acids is 1. The highest BCUT2D eigenvalue weighted by Gasteiger charge is 2.49. The zero-order valence-electron chi connectivity index (χ0n) is 22.5. The Balaban J connectivity index is 1.31. The molecule has 1 aliphatic heterocycles. The Kier molecular flexibility index (Phi) is 6.77. The molecule has 1 saturated carbocycles. The molecule has 3 heterocycles. The van der Waals surface area contributed by atoms with Crippen LogP contribution < -0.4 is 0 Å². The van der Waals surface area contributed by atoms with Gasteiger partial charge in [0.1, 0.15) is 11.4 Å². The number of aliphatic imine (C=N–C) groups is 1. The van der Waals surface area contributed by atoms with E-state index in [1.807, 2.05) is 29.3 Å². The number of rotatable bonds is 8. The van der Waals surface area contributed by atoms with Crippen LogP contribution >= 0.6 is 0 Å². The third kappa shape index (κ3) is 4.87. The lowest BCUT2D eigenvalue weighted by Gasteiger charge is -2.23. The number of aryl methyl sites for hydroxylation is 1. The van der Waals surface area contributed by atoms with E-state index in [-0.39, 0.29) is 5.91 Å². The number of carbonyl (C=O) groups is 1. The van der Waals surface area contributed by atoms with Gasteiger partial charge in [-0.2, -0.15) is 5.21 Å². The molecule has 198 valence electrons. The molecule has 1 amide bonds. The molecule has 1 aliphatic carbocycles. The SMILES string of the molecule is CCCCC1=NC2(CCCC2)C(=O)N1Cc1ccc(-c2cc(-c3cc(C)ccn3)ccc2-c2nn[nH]n2)cc1. The summed E-state index contributed by atoms with van der Waals surface area (Å²) in [6.07, 6.45) is 8.74. The van der Waals surface area contributed by atoms with E-state index in [2.05, 4.69) is 75.9 Å². The number of hydrogen-bond donors (Lipinski definition) is 1. The van der Waals surface area contributed by atoms with Crippen LogP contribution in [0.25, 0.3) is 33.8 Å². The van der Waals surface area contributed by atoms with E-state index < -0.39 is 5.54 Å². The Morgan fingerprint density at radius 3 is 2.49 bits per heavy atom. The highest BCUT2D eigenvalue weighted by molar-refractivity contribution is 6.08. The number of nitrogens with one attached hydrogen (secondary N) is 1. The number of amidine groups is 1. The van der Waals surface area contributed by atoms with Gasteiger partial charge in [-0.05, 0) is 77.9 Å². The van der Waals surface area contributed by atoms with Gasteiger partial charge in [0.25, 0.3) is 5.91 Å². The number of unbranched alkanes of at least 4 members (excludes halogenated alkanes) is 1. The lowest BCUT2D eigenvalue weighted by molar-refractivity contribution is -0.131. The number of hydrogen-bond acceptors (Lipinski definition) is 6. The molecule has 1 N–H and O–H groups in total. The Bertz CT molecular complexity index is 1500. The van der Waals surface area contributed by atoms with Crippen LogP contribution in [0.5, 0.6) is 0 Å². The fraction of sp³-hybridized carbons (Fsp3) is 0.355. The molecule has 2 aromatic carbocycles. The number of tetrazole rings is 1. The van der Waals surface area contributed by atoms with E-state index in [1.54, 1.807) is 0 Å². The summed E-state index contributed by atoms with van der Waals surface area (Å²) < 4.78 is 0. The molecule has 4 aromatic rings. The van der Waals surface area contributed by atoms with Crippen molar-refractivity contribution < 1.29 is 4.79 Å². The summed E-state index contributed by atoms with van der Waals surface area (Å²) in [5.41, 5.74) is 6.59. The van der Waals surface area contributed by atoms with Crippen LogP contribution in [-0.2, 0) is 11.3 Å². The highest BCUT2D eigenvalue weighted by Crippen LogP contribution is 2.40. The number of benzene rings is 2. The summed E-state index contributed by atoms with van der Waals surface area (Å²) in [5, 5.41) is 14.8. The van der Waals surface area contributed by atoms with Crippen LogP contribution in [-0.4, -0.2) is 47.8 Å². The van der Waals surface area contributed by atoms with Crippen molar-refractivity contribution in [1.29, 1.82) is 0 Å². The minimum atomic E-state index is -0.507. The average molecular weight is 520 g/mol. The van der Waals surface area contributed by atoms with E-state index >= 15 is 0 Å². The standard InChI is InChI=1S/C31H33N7O/c1-3-4-7-28-33-31(15-5-6-16-31)30(39)38(28)20-22-8-10-23(11-9-22)26-19-24(27-18-21(2)14-17-32-27)12-13-25(26)29-34-36-37-35-29/h8-14,17-19H,3-7,15-16,20H2,1-2H3,(H,34,35,36,37). The van der Waals surface area contributed by atoms with E-state index in [0.29, 0.717) is 12.4 Å². The largest absolute Gasteiger partial charge is 0.294 e. The van der Waals surface area contributed by atoms with Crippen LogP contribution in [0.3, 0.4) is 0 Å². The fourth-order valence-corrected chi connectivity index (χ4v) is 5.78. The summed E-state index contributed by atoms with van der Waals surface area (Å²) in [6, 6.07) is 18.7. The topological polar surface area (TPSA) is 100 Å². The summed E-state index contributed by atoms with van der Waals surface area (Å²) in [5.74, 6) is 1.69. The van der Waals surface area contributed by atoms with Crippen LogP contribution in [0.1, 0.15) is 63.0 Å². The van der Waals surface area contributed by atoms with Gasteiger partial charge in [-0.15, -0.1) is 10.2 Å². The van der Waals surface area contributed by atoms with Gasteiger partial charge in [0.2, 0.25) is 5.82 Å². The molecular formula is C31H33N7O. The van der Waals surface area contributed by atoms with Crippen molar-refractivity contribution in [3.63, 3.8) is 0 Å². The first-order valence-electron chi connectivity index (χ1n) is 13.9. The molecule has 2 aliphatic rings. The molecule has 0 saturated heterocycles. The number of pyridine rings is 1. The summed E-state index contributed by atoms with van der Waals surface area (Å²) in [7, 11) is 0. The van der Waals surface area contributed by atoms with E-state index in [1.165, 1.54) is 0 Å². The van der Waals surface area contributed by atoms with Crippen LogP contribution in [0.2, 0.25) is 0 Å². The van der Waals surface area contributed by atoms with Gasteiger partial charge < -0.3 is 0 Å². The van der Waals surface area contributed by atoms with Crippen molar-refractivity contribution in [3.8, 4) is 33.8 Å². The molecule has 1 fully saturated rings. The second kappa shape index (κ2) is 10.5. The summed E-state index contributed by atoms with van der Waals surface area (Å²) in [4.78, 5) is 25.1. The fourth-order valence-electron chi connectivity index (χ4n) is 5.78.